The molecule has 1 aliphatic rings. The molecule has 0 radical (unpaired) electrons. The van der Waals surface area contributed by atoms with E-state index in [0.717, 1.165) is 12.1 Å². The highest BCUT2D eigenvalue weighted by molar-refractivity contribution is 6.30. The number of likely N-dealkylation sites (tertiary alicyclic amines) is 1. The van der Waals surface area contributed by atoms with Gasteiger partial charge in [-0.15, -0.1) is 0 Å². The van der Waals surface area contributed by atoms with Crippen molar-refractivity contribution in [2.75, 3.05) is 13.1 Å². The fourth-order valence-electron chi connectivity index (χ4n) is 2.55. The Morgan fingerprint density at radius 2 is 1.95 bits per heavy atom. The van der Waals surface area contributed by atoms with Crippen LogP contribution in [0, 0.1) is 23.5 Å². The Morgan fingerprint density at radius 3 is 2.57 bits per heavy atom. The molecule has 2 rings (SSSR count). The summed E-state index contributed by atoms with van der Waals surface area (Å²) in [6.07, 6.45) is 0.455. The zero-order valence-corrected chi connectivity index (χ0v) is 12.0. The number of carboxylic acids is 1. The molecule has 1 aliphatic heterocycles. The fourth-order valence-corrected chi connectivity index (χ4v) is 2.70. The van der Waals surface area contributed by atoms with E-state index in [0.29, 0.717) is 13.0 Å². The highest BCUT2D eigenvalue weighted by Gasteiger charge is 2.33. The van der Waals surface area contributed by atoms with Gasteiger partial charge in [0.2, 0.25) is 0 Å². The molecule has 0 saturated carbocycles. The minimum Gasteiger partial charge on any atom is -0.481 e. The van der Waals surface area contributed by atoms with Crippen LogP contribution in [0.1, 0.15) is 23.7 Å². The van der Waals surface area contributed by atoms with Crippen molar-refractivity contribution in [1.29, 1.82) is 0 Å². The number of hydrogen-bond acceptors (Lipinski definition) is 2. The van der Waals surface area contributed by atoms with Gasteiger partial charge in [0.05, 0.1) is 16.5 Å². The third kappa shape index (κ3) is 3.32. The second-order valence-electron chi connectivity index (χ2n) is 5.33. The van der Waals surface area contributed by atoms with Gasteiger partial charge in [0.1, 0.15) is 11.6 Å². The van der Waals surface area contributed by atoms with Crippen LogP contribution < -0.4 is 0 Å². The van der Waals surface area contributed by atoms with Gasteiger partial charge in [-0.2, -0.15) is 0 Å². The topological polar surface area (TPSA) is 57.6 Å². The van der Waals surface area contributed by atoms with E-state index in [1.807, 2.05) is 6.92 Å². The van der Waals surface area contributed by atoms with Crippen LogP contribution in [0.15, 0.2) is 12.1 Å². The van der Waals surface area contributed by atoms with Gasteiger partial charge in [0.15, 0.2) is 0 Å². The first-order valence-electron chi connectivity index (χ1n) is 6.46. The summed E-state index contributed by atoms with van der Waals surface area (Å²) in [7, 11) is 0. The molecule has 2 unspecified atom stereocenters. The molecule has 1 aromatic carbocycles. The third-order valence-corrected chi connectivity index (χ3v) is 3.83. The second kappa shape index (κ2) is 5.97. The molecule has 4 nitrogen and oxygen atoms in total. The maximum Gasteiger partial charge on any atom is 0.308 e. The average Bonchev–Trinajstić information content (AvgIpc) is 2.41. The second-order valence-corrected chi connectivity index (χ2v) is 5.74. The Morgan fingerprint density at radius 1 is 1.29 bits per heavy atom. The Kier molecular flexibility index (Phi) is 4.46. The SMILES string of the molecule is CC1CC(C(=O)O)CN(C(=O)c2cc(F)c(Cl)cc2F)C1. The number of halogens is 3. The molecule has 1 heterocycles. The summed E-state index contributed by atoms with van der Waals surface area (Å²) in [6.45, 7) is 2.11. The molecule has 7 heteroatoms. The summed E-state index contributed by atoms with van der Waals surface area (Å²) in [4.78, 5) is 24.6. The number of benzene rings is 1. The summed E-state index contributed by atoms with van der Waals surface area (Å²) in [5, 5.41) is 8.67. The fraction of sp³-hybridized carbons (Fsp3) is 0.429. The first-order valence-corrected chi connectivity index (χ1v) is 6.84. The summed E-state index contributed by atoms with van der Waals surface area (Å²) < 4.78 is 27.2. The number of piperidine rings is 1. The lowest BCUT2D eigenvalue weighted by Crippen LogP contribution is -2.45. The van der Waals surface area contributed by atoms with Crippen molar-refractivity contribution >= 4 is 23.5 Å². The van der Waals surface area contributed by atoms with Gasteiger partial charge in [0, 0.05) is 13.1 Å². The Labute approximate surface area is 125 Å². The third-order valence-electron chi connectivity index (χ3n) is 3.54. The van der Waals surface area contributed by atoms with E-state index in [2.05, 4.69) is 0 Å². The predicted octanol–water partition coefficient (Wildman–Crippen LogP) is 2.80. The van der Waals surface area contributed by atoms with Crippen LogP contribution in [0.3, 0.4) is 0 Å². The number of aliphatic carboxylic acids is 1. The van der Waals surface area contributed by atoms with Crippen molar-refractivity contribution < 1.29 is 23.5 Å². The van der Waals surface area contributed by atoms with Gasteiger partial charge >= 0.3 is 5.97 Å². The standard InChI is InChI=1S/C14H14ClF2NO3/c1-7-2-8(14(20)21)6-18(5-7)13(19)9-3-12(17)10(15)4-11(9)16/h3-4,7-8H,2,5-6H2,1H3,(H,20,21). The van der Waals surface area contributed by atoms with Crippen molar-refractivity contribution in [3.63, 3.8) is 0 Å². The molecule has 0 bridgehead atoms. The van der Waals surface area contributed by atoms with Gasteiger partial charge in [0.25, 0.3) is 5.91 Å². The van der Waals surface area contributed by atoms with Crippen LogP contribution in [-0.2, 0) is 4.79 Å². The number of rotatable bonds is 2. The van der Waals surface area contributed by atoms with Crippen molar-refractivity contribution in [3.8, 4) is 0 Å². The summed E-state index contributed by atoms with van der Waals surface area (Å²) in [5.74, 6) is -4.25. The Balaban J connectivity index is 2.27. The minimum atomic E-state index is -0.998. The normalized spacial score (nSPS) is 22.2. The average molecular weight is 318 g/mol. The maximum absolute atomic E-state index is 13.8. The van der Waals surface area contributed by atoms with Gasteiger partial charge in [-0.1, -0.05) is 18.5 Å². The number of nitrogens with zero attached hydrogens (tertiary/aromatic N) is 1. The number of carbonyl (C=O) groups excluding carboxylic acids is 1. The van der Waals surface area contributed by atoms with Gasteiger partial charge in [-0.3, -0.25) is 9.59 Å². The largest absolute Gasteiger partial charge is 0.481 e. The molecule has 1 fully saturated rings. The summed E-state index contributed by atoms with van der Waals surface area (Å²) >= 11 is 5.45. The van der Waals surface area contributed by atoms with E-state index in [9.17, 15) is 18.4 Å². The van der Waals surface area contributed by atoms with E-state index in [4.69, 9.17) is 16.7 Å². The quantitative estimate of drug-likeness (QED) is 0.853. The minimum absolute atomic E-state index is 0.0117. The molecule has 0 aromatic heterocycles. The molecule has 21 heavy (non-hydrogen) atoms. The first-order chi connectivity index (χ1) is 9.79. The zero-order valence-electron chi connectivity index (χ0n) is 11.3. The lowest BCUT2D eigenvalue weighted by Gasteiger charge is -2.34. The first kappa shape index (κ1) is 15.7. The zero-order chi connectivity index (χ0) is 15.7. The van der Waals surface area contributed by atoms with Gasteiger partial charge in [-0.05, 0) is 24.5 Å². The molecule has 1 saturated heterocycles. The summed E-state index contributed by atoms with van der Waals surface area (Å²) in [5.41, 5.74) is -0.435. The van der Waals surface area contributed by atoms with Crippen molar-refractivity contribution in [3.05, 3.63) is 34.4 Å². The highest BCUT2D eigenvalue weighted by Crippen LogP contribution is 2.25. The van der Waals surface area contributed by atoms with Crippen molar-refractivity contribution in [2.45, 2.75) is 13.3 Å². The van der Waals surface area contributed by atoms with Crippen LogP contribution in [0.2, 0.25) is 5.02 Å². The Hall–Kier alpha value is -1.69. The number of hydrogen-bond donors (Lipinski definition) is 1. The molecular weight excluding hydrogens is 304 g/mol. The maximum atomic E-state index is 13.8. The number of amides is 1. The summed E-state index contributed by atoms with van der Waals surface area (Å²) in [6, 6.07) is 1.49. The van der Waals surface area contributed by atoms with Gasteiger partial charge < -0.3 is 10.0 Å². The van der Waals surface area contributed by atoms with E-state index < -0.39 is 40.0 Å². The molecular formula is C14H14ClF2NO3. The van der Waals surface area contributed by atoms with Crippen LogP contribution in [0.25, 0.3) is 0 Å². The van der Waals surface area contributed by atoms with Crippen LogP contribution >= 0.6 is 11.6 Å². The van der Waals surface area contributed by atoms with Crippen LogP contribution in [-0.4, -0.2) is 35.0 Å². The van der Waals surface area contributed by atoms with E-state index in [1.165, 1.54) is 4.90 Å². The number of carboxylic acid groups (broad SMARTS) is 1. The lowest BCUT2D eigenvalue weighted by molar-refractivity contribution is -0.143. The molecule has 1 aromatic rings. The predicted molar refractivity (Wildman–Crippen MR) is 72.2 cm³/mol. The lowest BCUT2D eigenvalue weighted by atomic mass is 9.90. The van der Waals surface area contributed by atoms with E-state index in [-0.39, 0.29) is 12.5 Å². The van der Waals surface area contributed by atoms with E-state index in [1.54, 1.807) is 0 Å². The molecule has 1 amide bonds. The molecule has 0 aliphatic carbocycles. The Bertz CT molecular complexity index is 594. The van der Waals surface area contributed by atoms with Gasteiger partial charge in [-0.25, -0.2) is 8.78 Å². The number of carbonyl (C=O) groups is 2. The van der Waals surface area contributed by atoms with Crippen LogP contribution in [0.4, 0.5) is 8.78 Å². The highest BCUT2D eigenvalue weighted by atomic mass is 35.5. The van der Waals surface area contributed by atoms with E-state index >= 15 is 0 Å². The molecule has 2 atom stereocenters. The molecule has 1 N–H and O–H groups in total. The molecule has 114 valence electrons. The van der Waals surface area contributed by atoms with Crippen LogP contribution in [0.5, 0.6) is 0 Å². The monoisotopic (exact) mass is 317 g/mol. The van der Waals surface area contributed by atoms with Crippen molar-refractivity contribution in [1.82, 2.24) is 4.90 Å². The molecule has 0 spiro atoms. The smallest absolute Gasteiger partial charge is 0.308 e. The van der Waals surface area contributed by atoms with Crippen molar-refractivity contribution in [2.24, 2.45) is 11.8 Å².